The molecule has 0 spiro atoms. The van der Waals surface area contributed by atoms with Crippen LogP contribution in [0, 0.1) is 0 Å². The van der Waals surface area contributed by atoms with Crippen LogP contribution in [0.5, 0.6) is 0 Å². The summed E-state index contributed by atoms with van der Waals surface area (Å²) in [6.45, 7) is 0. The van der Waals surface area contributed by atoms with Gasteiger partial charge in [0.2, 0.25) is 0 Å². The molecule has 64 valence electrons. The van der Waals surface area contributed by atoms with Gasteiger partial charge in [0, 0.05) is 17.1 Å². The maximum Gasteiger partial charge on any atom is 1.00 e. The number of fused-ring (bicyclic) bond motifs is 1. The van der Waals surface area contributed by atoms with Crippen molar-refractivity contribution in [3.05, 3.63) is 42.1 Å². The molecule has 0 fully saturated rings. The maximum atomic E-state index is 10.7. The molecule has 0 radical (unpaired) electrons. The molecule has 3 nitrogen and oxygen atoms in total. The predicted octanol–water partition coefficient (Wildman–Crippen LogP) is -2.40. The molecule has 0 saturated heterocycles. The summed E-state index contributed by atoms with van der Waals surface area (Å²) in [7, 11) is 0. The first-order valence-electron chi connectivity index (χ1n) is 3.84. The van der Waals surface area contributed by atoms with Crippen molar-refractivity contribution in [2.75, 3.05) is 0 Å². The van der Waals surface area contributed by atoms with Crippen molar-refractivity contribution in [3.63, 3.8) is 0 Å². The van der Waals surface area contributed by atoms with E-state index in [9.17, 15) is 9.90 Å². The van der Waals surface area contributed by atoms with Gasteiger partial charge in [-0.2, -0.15) is 0 Å². The summed E-state index contributed by atoms with van der Waals surface area (Å²) in [5.74, 6) is -1.17. The fraction of sp³-hybridized carbons (Fsp3) is 0. The normalized spacial score (nSPS) is 9.43. The molecule has 0 N–H and O–H groups in total. The Labute approximate surface area is 103 Å². The average molecular weight is 195 g/mol. The van der Waals surface area contributed by atoms with Crippen LogP contribution in [0.4, 0.5) is 0 Å². The standard InChI is InChI=1S/C10H7NO2.Na/c12-10(13)8-3-1-5-9-7(8)4-2-6-11-9;/h1-6H,(H,12,13);/q;+1/p-1. The Morgan fingerprint density at radius 2 is 2.00 bits per heavy atom. The second kappa shape index (κ2) is 4.55. The van der Waals surface area contributed by atoms with E-state index in [1.54, 1.807) is 30.5 Å². The van der Waals surface area contributed by atoms with Gasteiger partial charge in [-0.25, -0.2) is 0 Å². The molecular weight excluding hydrogens is 189 g/mol. The fourth-order valence-electron chi connectivity index (χ4n) is 1.28. The summed E-state index contributed by atoms with van der Waals surface area (Å²) >= 11 is 0. The molecule has 14 heavy (non-hydrogen) atoms. The van der Waals surface area contributed by atoms with Gasteiger partial charge in [-0.05, 0) is 12.1 Å². The van der Waals surface area contributed by atoms with Gasteiger partial charge in [-0.15, -0.1) is 0 Å². The Morgan fingerprint density at radius 1 is 1.21 bits per heavy atom. The first-order chi connectivity index (χ1) is 6.29. The van der Waals surface area contributed by atoms with Crippen LogP contribution < -0.4 is 34.7 Å². The summed E-state index contributed by atoms with van der Waals surface area (Å²) in [5, 5.41) is 11.3. The molecule has 2 rings (SSSR count). The molecule has 0 aliphatic carbocycles. The third kappa shape index (κ3) is 1.95. The molecule has 0 atom stereocenters. The van der Waals surface area contributed by atoms with Crippen molar-refractivity contribution in [1.29, 1.82) is 0 Å². The Kier molecular flexibility index (Phi) is 3.63. The van der Waals surface area contributed by atoms with Crippen molar-refractivity contribution >= 4 is 16.9 Å². The summed E-state index contributed by atoms with van der Waals surface area (Å²) in [5.41, 5.74) is 0.856. The van der Waals surface area contributed by atoms with Crippen molar-refractivity contribution in [2.24, 2.45) is 0 Å². The van der Waals surface area contributed by atoms with Crippen LogP contribution >= 0.6 is 0 Å². The monoisotopic (exact) mass is 195 g/mol. The van der Waals surface area contributed by atoms with Gasteiger partial charge in [-0.1, -0.05) is 18.2 Å². The minimum atomic E-state index is -1.17. The number of benzene rings is 1. The number of pyridine rings is 1. The number of carbonyl (C=O) groups excluding carboxylic acids is 1. The summed E-state index contributed by atoms with van der Waals surface area (Å²) in [6.07, 6.45) is 1.63. The van der Waals surface area contributed by atoms with Crippen LogP contribution in [-0.2, 0) is 0 Å². The topological polar surface area (TPSA) is 53.0 Å². The Hall–Kier alpha value is -0.900. The Bertz CT molecular complexity index is 465. The zero-order valence-corrected chi connectivity index (χ0v) is 9.73. The average Bonchev–Trinajstić information content (AvgIpc) is 2.17. The molecule has 0 saturated carbocycles. The predicted molar refractivity (Wildman–Crippen MR) is 46.1 cm³/mol. The van der Waals surface area contributed by atoms with E-state index in [4.69, 9.17) is 0 Å². The second-order valence-electron chi connectivity index (χ2n) is 2.66. The van der Waals surface area contributed by atoms with E-state index in [2.05, 4.69) is 4.98 Å². The zero-order chi connectivity index (χ0) is 9.26. The number of nitrogens with zero attached hydrogens (tertiary/aromatic N) is 1. The molecule has 4 heteroatoms. The van der Waals surface area contributed by atoms with Crippen LogP contribution in [0.2, 0.25) is 0 Å². The second-order valence-corrected chi connectivity index (χ2v) is 2.66. The molecule has 1 aromatic carbocycles. The minimum Gasteiger partial charge on any atom is -0.545 e. The van der Waals surface area contributed by atoms with Gasteiger partial charge in [-0.3, -0.25) is 4.98 Å². The first-order valence-corrected chi connectivity index (χ1v) is 3.84. The first kappa shape index (κ1) is 11.2. The minimum absolute atomic E-state index is 0. The van der Waals surface area contributed by atoms with Crippen molar-refractivity contribution in [1.82, 2.24) is 4.98 Å². The summed E-state index contributed by atoms with van der Waals surface area (Å²) < 4.78 is 0. The van der Waals surface area contributed by atoms with E-state index in [0.717, 1.165) is 0 Å². The third-order valence-electron chi connectivity index (χ3n) is 1.87. The number of carboxylic acids is 1. The number of aromatic carboxylic acids is 1. The third-order valence-corrected chi connectivity index (χ3v) is 1.87. The molecule has 0 aliphatic rings. The molecular formula is C10H6NNaO2. The zero-order valence-electron chi connectivity index (χ0n) is 7.73. The quantitative estimate of drug-likeness (QED) is 0.477. The molecule has 2 aromatic rings. The van der Waals surface area contributed by atoms with Crippen LogP contribution in [0.25, 0.3) is 10.9 Å². The number of hydrogen-bond donors (Lipinski definition) is 0. The largest absolute Gasteiger partial charge is 1.00 e. The summed E-state index contributed by atoms with van der Waals surface area (Å²) in [4.78, 5) is 14.7. The van der Waals surface area contributed by atoms with Gasteiger partial charge >= 0.3 is 29.6 Å². The molecule has 1 aromatic heterocycles. The summed E-state index contributed by atoms with van der Waals surface area (Å²) in [6, 6.07) is 8.35. The molecule has 0 aliphatic heterocycles. The van der Waals surface area contributed by atoms with Gasteiger partial charge in [0.25, 0.3) is 0 Å². The van der Waals surface area contributed by atoms with Gasteiger partial charge in [0.05, 0.1) is 11.5 Å². The SMILES string of the molecule is O=C([O-])c1cccc2ncccc12.[Na+]. The molecule has 0 amide bonds. The van der Waals surface area contributed by atoms with Gasteiger partial charge in [0.1, 0.15) is 0 Å². The van der Waals surface area contributed by atoms with E-state index in [1.807, 2.05) is 0 Å². The van der Waals surface area contributed by atoms with Crippen LogP contribution in [0.1, 0.15) is 10.4 Å². The van der Waals surface area contributed by atoms with E-state index < -0.39 is 5.97 Å². The number of carbonyl (C=O) groups is 1. The van der Waals surface area contributed by atoms with Crippen LogP contribution in [0.15, 0.2) is 36.5 Å². The number of hydrogen-bond acceptors (Lipinski definition) is 3. The number of aromatic nitrogens is 1. The van der Waals surface area contributed by atoms with Crippen molar-refractivity contribution < 1.29 is 39.5 Å². The fourth-order valence-corrected chi connectivity index (χ4v) is 1.28. The molecule has 0 bridgehead atoms. The smallest absolute Gasteiger partial charge is 0.545 e. The van der Waals surface area contributed by atoms with Gasteiger partial charge in [0.15, 0.2) is 0 Å². The van der Waals surface area contributed by atoms with E-state index in [0.29, 0.717) is 10.9 Å². The maximum absolute atomic E-state index is 10.7. The Balaban J connectivity index is 0.000000980. The molecule has 0 unspecified atom stereocenters. The molecule has 1 heterocycles. The van der Waals surface area contributed by atoms with Crippen molar-refractivity contribution in [2.45, 2.75) is 0 Å². The van der Waals surface area contributed by atoms with E-state index in [-0.39, 0.29) is 35.1 Å². The van der Waals surface area contributed by atoms with Crippen LogP contribution in [0.3, 0.4) is 0 Å². The van der Waals surface area contributed by atoms with E-state index >= 15 is 0 Å². The Morgan fingerprint density at radius 3 is 2.71 bits per heavy atom. The number of carboxylic acid groups (broad SMARTS) is 1. The van der Waals surface area contributed by atoms with E-state index in [1.165, 1.54) is 6.07 Å². The van der Waals surface area contributed by atoms with Crippen molar-refractivity contribution in [3.8, 4) is 0 Å². The van der Waals surface area contributed by atoms with Crippen LogP contribution in [-0.4, -0.2) is 11.0 Å². The van der Waals surface area contributed by atoms with Gasteiger partial charge < -0.3 is 9.90 Å². The number of rotatable bonds is 1.